The number of pyridine rings is 1. The minimum atomic E-state index is -3.75. The summed E-state index contributed by atoms with van der Waals surface area (Å²) in [5.41, 5.74) is 0.766. The van der Waals surface area contributed by atoms with Gasteiger partial charge < -0.3 is 5.32 Å². The van der Waals surface area contributed by atoms with E-state index < -0.39 is 21.6 Å². The molecular weight excluding hydrogens is 403 g/mol. The third-order valence-electron chi connectivity index (χ3n) is 4.78. The van der Waals surface area contributed by atoms with Gasteiger partial charge in [-0.15, -0.1) is 11.3 Å². The summed E-state index contributed by atoms with van der Waals surface area (Å²) in [6, 6.07) is 8.18. The number of hydrogen-bond acceptors (Lipinski definition) is 6. The van der Waals surface area contributed by atoms with E-state index in [4.69, 9.17) is 0 Å². The molecule has 3 aromatic rings. The second kappa shape index (κ2) is 7.19. The van der Waals surface area contributed by atoms with Gasteiger partial charge in [-0.25, -0.2) is 17.8 Å². The normalized spacial score (nSPS) is 17.5. The largest absolute Gasteiger partial charge is 0.323 e. The van der Waals surface area contributed by atoms with Gasteiger partial charge in [0, 0.05) is 44.0 Å². The van der Waals surface area contributed by atoms with E-state index in [1.807, 2.05) is 6.07 Å². The fraction of sp³-hybridized carbons (Fsp3) is 0.278. The van der Waals surface area contributed by atoms with Crippen LogP contribution in [-0.4, -0.2) is 47.4 Å². The van der Waals surface area contributed by atoms with E-state index in [1.165, 1.54) is 40.2 Å². The fourth-order valence-electron chi connectivity index (χ4n) is 3.14. The molecule has 0 saturated carbocycles. The van der Waals surface area contributed by atoms with E-state index >= 15 is 4.39 Å². The predicted molar refractivity (Wildman–Crippen MR) is 104 cm³/mol. The molecule has 0 atom stereocenters. The minimum absolute atomic E-state index is 0.0578. The molecule has 7 nitrogen and oxygen atoms in total. The minimum Gasteiger partial charge on any atom is -0.323 e. The van der Waals surface area contributed by atoms with Crippen LogP contribution in [0.4, 0.5) is 10.1 Å². The summed E-state index contributed by atoms with van der Waals surface area (Å²) in [6.45, 7) is -0.154. The highest BCUT2D eigenvalue weighted by Crippen LogP contribution is 2.31. The third-order valence-corrected chi connectivity index (χ3v) is 7.47. The molecule has 0 unspecified atom stereocenters. The zero-order chi connectivity index (χ0) is 19.8. The number of benzene rings is 1. The Hall–Kier alpha value is -2.43. The second-order valence-corrected chi connectivity index (χ2v) is 9.37. The quantitative estimate of drug-likeness (QED) is 0.701. The van der Waals surface area contributed by atoms with Crippen LogP contribution in [0.1, 0.15) is 12.8 Å². The number of nitrogens with one attached hydrogen (secondary N) is 1. The summed E-state index contributed by atoms with van der Waals surface area (Å²) in [5, 5.41) is 2.59. The summed E-state index contributed by atoms with van der Waals surface area (Å²) < 4.78 is 42.6. The maximum absolute atomic E-state index is 15.2. The van der Waals surface area contributed by atoms with Crippen molar-refractivity contribution in [2.45, 2.75) is 23.4 Å². The molecule has 10 heteroatoms. The summed E-state index contributed by atoms with van der Waals surface area (Å²) in [7, 11) is -3.75. The van der Waals surface area contributed by atoms with Crippen LogP contribution in [0.3, 0.4) is 0 Å². The van der Waals surface area contributed by atoms with Gasteiger partial charge in [-0.1, -0.05) is 0 Å². The molecule has 146 valence electrons. The molecule has 0 radical (unpaired) electrons. The van der Waals surface area contributed by atoms with Crippen LogP contribution in [0.15, 0.2) is 53.1 Å². The number of rotatable bonds is 4. The van der Waals surface area contributed by atoms with E-state index in [9.17, 15) is 13.2 Å². The first-order valence-corrected chi connectivity index (χ1v) is 10.9. The topological polar surface area (TPSA) is 92.3 Å². The lowest BCUT2D eigenvalue weighted by Gasteiger charge is -2.34. The molecule has 1 saturated heterocycles. The fourth-order valence-corrected chi connectivity index (χ4v) is 5.20. The van der Waals surface area contributed by atoms with Gasteiger partial charge >= 0.3 is 0 Å². The maximum Gasteiger partial charge on any atom is 0.262 e. The molecule has 0 spiro atoms. The van der Waals surface area contributed by atoms with Gasteiger partial charge in [0.15, 0.2) is 5.67 Å². The monoisotopic (exact) mass is 420 g/mol. The lowest BCUT2D eigenvalue weighted by atomic mass is 9.93. The van der Waals surface area contributed by atoms with Gasteiger partial charge in [0.05, 0.1) is 15.7 Å². The number of sulfonamides is 1. The van der Waals surface area contributed by atoms with Crippen molar-refractivity contribution in [3.8, 4) is 0 Å². The van der Waals surface area contributed by atoms with E-state index in [0.717, 1.165) is 10.2 Å². The van der Waals surface area contributed by atoms with Crippen LogP contribution >= 0.6 is 11.3 Å². The van der Waals surface area contributed by atoms with Gasteiger partial charge in [0.1, 0.15) is 4.90 Å². The van der Waals surface area contributed by atoms with Crippen LogP contribution in [0.2, 0.25) is 0 Å². The van der Waals surface area contributed by atoms with Crippen molar-refractivity contribution in [3.63, 3.8) is 0 Å². The van der Waals surface area contributed by atoms with Gasteiger partial charge in [-0.3, -0.25) is 9.78 Å². The van der Waals surface area contributed by atoms with Crippen LogP contribution < -0.4 is 5.32 Å². The smallest absolute Gasteiger partial charge is 0.262 e. The van der Waals surface area contributed by atoms with Crippen molar-refractivity contribution in [1.82, 2.24) is 14.3 Å². The van der Waals surface area contributed by atoms with Crippen molar-refractivity contribution in [2.75, 3.05) is 18.4 Å². The maximum atomic E-state index is 15.2. The number of carbonyl (C=O) groups excluding carboxylic acids is 1. The molecule has 0 bridgehead atoms. The number of amides is 1. The highest BCUT2D eigenvalue weighted by molar-refractivity contribution is 7.89. The predicted octanol–water partition coefficient (Wildman–Crippen LogP) is 2.82. The number of anilines is 1. The number of carbonyl (C=O) groups is 1. The van der Waals surface area contributed by atoms with Crippen molar-refractivity contribution >= 4 is 43.2 Å². The van der Waals surface area contributed by atoms with Gasteiger partial charge in [0.25, 0.3) is 5.91 Å². The molecule has 0 aliphatic carbocycles. The molecular formula is C18H17FN4O3S2. The lowest BCUT2D eigenvalue weighted by Crippen LogP contribution is -2.50. The van der Waals surface area contributed by atoms with E-state index in [0.29, 0.717) is 5.69 Å². The average Bonchev–Trinajstić information content (AvgIpc) is 3.17. The number of alkyl halides is 1. The molecule has 1 N–H and O–H groups in total. The Kier molecular flexibility index (Phi) is 4.86. The van der Waals surface area contributed by atoms with Crippen LogP contribution in [0.25, 0.3) is 10.2 Å². The molecule has 1 aliphatic heterocycles. The summed E-state index contributed by atoms with van der Waals surface area (Å²) in [4.78, 5) is 20.6. The molecule has 2 aromatic heterocycles. The van der Waals surface area contributed by atoms with Gasteiger partial charge in [0.2, 0.25) is 10.0 Å². The molecule has 1 aliphatic rings. The zero-order valence-electron chi connectivity index (χ0n) is 14.7. The molecule has 1 aromatic carbocycles. The van der Waals surface area contributed by atoms with Crippen molar-refractivity contribution < 1.29 is 17.6 Å². The Labute approximate surface area is 165 Å². The lowest BCUT2D eigenvalue weighted by molar-refractivity contribution is -0.129. The SMILES string of the molecule is O=C(Nc1ccc2scnc2c1)C1(F)CCN(S(=O)(=O)c2cccnc2)CC1. The Morgan fingerprint density at radius 3 is 2.75 bits per heavy atom. The van der Waals surface area contributed by atoms with E-state index in [2.05, 4.69) is 15.3 Å². The van der Waals surface area contributed by atoms with E-state index in [1.54, 1.807) is 17.6 Å². The van der Waals surface area contributed by atoms with Crippen molar-refractivity contribution in [3.05, 3.63) is 48.2 Å². The second-order valence-electron chi connectivity index (χ2n) is 6.55. The molecule has 4 rings (SSSR count). The van der Waals surface area contributed by atoms with Crippen LogP contribution in [0, 0.1) is 0 Å². The van der Waals surface area contributed by atoms with E-state index in [-0.39, 0.29) is 30.8 Å². The standard InChI is InChI=1S/C18H17FN4O3S2/c19-18(17(24)22-13-3-4-16-15(10-13)21-12-27-16)5-8-23(9-6-18)28(25,26)14-2-1-7-20-11-14/h1-4,7,10-12H,5-6,8-9H2,(H,22,24). The number of fused-ring (bicyclic) bond motifs is 1. The van der Waals surface area contributed by atoms with Crippen LogP contribution in [0.5, 0.6) is 0 Å². The first kappa shape index (κ1) is 18.9. The Morgan fingerprint density at radius 1 is 1.25 bits per heavy atom. The number of piperidine rings is 1. The summed E-state index contributed by atoms with van der Waals surface area (Å²) >= 11 is 1.48. The molecule has 3 heterocycles. The number of aromatic nitrogens is 2. The Bertz CT molecular complexity index is 1110. The van der Waals surface area contributed by atoms with Crippen LogP contribution in [-0.2, 0) is 14.8 Å². The zero-order valence-corrected chi connectivity index (χ0v) is 16.3. The number of hydrogen-bond donors (Lipinski definition) is 1. The molecule has 28 heavy (non-hydrogen) atoms. The number of thiazole rings is 1. The molecule has 1 fully saturated rings. The van der Waals surface area contributed by atoms with Gasteiger partial charge in [-0.05, 0) is 30.3 Å². The Balaban J connectivity index is 1.44. The Morgan fingerprint density at radius 2 is 2.04 bits per heavy atom. The highest BCUT2D eigenvalue weighted by Gasteiger charge is 2.44. The number of nitrogens with zero attached hydrogens (tertiary/aromatic N) is 3. The highest BCUT2D eigenvalue weighted by atomic mass is 32.2. The first-order chi connectivity index (χ1) is 13.4. The summed E-state index contributed by atoms with van der Waals surface area (Å²) in [5.74, 6) is -0.763. The van der Waals surface area contributed by atoms with Crippen molar-refractivity contribution in [2.24, 2.45) is 0 Å². The summed E-state index contributed by atoms with van der Waals surface area (Å²) in [6.07, 6.45) is 2.32. The molecule has 1 amide bonds. The number of halogens is 1. The average molecular weight is 420 g/mol. The first-order valence-electron chi connectivity index (χ1n) is 8.62. The van der Waals surface area contributed by atoms with Crippen molar-refractivity contribution in [1.29, 1.82) is 0 Å². The third kappa shape index (κ3) is 3.50. The van der Waals surface area contributed by atoms with Gasteiger partial charge in [-0.2, -0.15) is 4.31 Å².